The van der Waals surface area contributed by atoms with Crippen LogP contribution in [0.2, 0.25) is 0 Å². The molecule has 2 heterocycles. The van der Waals surface area contributed by atoms with Gasteiger partial charge in [-0.25, -0.2) is 0 Å². The third kappa shape index (κ3) is 17.1. The molecule has 3 rings (SSSR count). The zero-order valence-corrected chi connectivity index (χ0v) is 36.0. The molecule has 23 nitrogen and oxygen atoms in total. The van der Waals surface area contributed by atoms with Gasteiger partial charge in [-0.1, -0.05) is 0 Å². The maximum atomic E-state index is 11.3. The van der Waals surface area contributed by atoms with Gasteiger partial charge in [0.05, 0.1) is 43.5 Å². The molecule has 0 aromatic heterocycles. The van der Waals surface area contributed by atoms with E-state index >= 15 is 0 Å². The summed E-state index contributed by atoms with van der Waals surface area (Å²) in [5, 5.41) is 113. The largest absolute Gasteiger partial charge is 0.394 e. The van der Waals surface area contributed by atoms with Crippen LogP contribution in [-0.2, 0) is 18.9 Å². The molecule has 0 amide bonds. The Labute approximate surface area is 364 Å². The third-order valence-electron chi connectivity index (χ3n) is 9.68. The first-order valence-corrected chi connectivity index (χ1v) is 18.3. The minimum Gasteiger partial charge on any atom is -0.394 e. The van der Waals surface area contributed by atoms with E-state index in [2.05, 4.69) is 26.6 Å². The molecule has 0 spiro atoms. The summed E-state index contributed by atoms with van der Waals surface area (Å²) in [6.45, 7) is 5.69. The average molecular weight is 932 g/mol. The molecule has 23 N–H and O–H groups in total. The summed E-state index contributed by atoms with van der Waals surface area (Å²) < 4.78 is 23.2. The maximum Gasteiger partial charge on any atom is 0.187 e. The molecule has 1 aliphatic carbocycles. The fourth-order valence-electron chi connectivity index (χ4n) is 6.47. The second kappa shape index (κ2) is 31.0. The molecule has 350 valence electrons. The molecule has 2 saturated heterocycles. The lowest BCUT2D eigenvalue weighted by atomic mass is 9.81. The van der Waals surface area contributed by atoms with Crippen molar-refractivity contribution in [2.24, 2.45) is 22.9 Å². The first kappa shape index (κ1) is 61.3. The molecule has 2 aliphatic heterocycles. The van der Waals surface area contributed by atoms with E-state index in [1.54, 1.807) is 0 Å². The second-order valence-electron chi connectivity index (χ2n) is 13.6. The van der Waals surface area contributed by atoms with Gasteiger partial charge in [0.15, 0.2) is 24.5 Å². The number of guanidine groups is 2. The first-order chi connectivity index (χ1) is 25.6. The van der Waals surface area contributed by atoms with Gasteiger partial charge in [-0.15, -0.1) is 49.6 Å². The van der Waals surface area contributed by atoms with Crippen molar-refractivity contribution in [2.75, 3.05) is 59.5 Å². The Morgan fingerprint density at radius 3 is 1.60 bits per heavy atom. The van der Waals surface area contributed by atoms with Crippen LogP contribution < -0.4 is 49.5 Å². The molecular weight excluding hydrogens is 860 g/mol. The molecule has 15 atom stereocenters. The average Bonchev–Trinajstić information content (AvgIpc) is 3.37. The normalized spacial score (nSPS) is 35.4. The van der Waals surface area contributed by atoms with Crippen LogP contribution in [0.4, 0.5) is 0 Å². The number of hydrogen-bond acceptors (Lipinski definition) is 19. The van der Waals surface area contributed by atoms with E-state index in [9.17, 15) is 40.9 Å². The Morgan fingerprint density at radius 1 is 0.672 bits per heavy atom. The summed E-state index contributed by atoms with van der Waals surface area (Å²) in [4.78, 5) is 0. The first-order valence-electron chi connectivity index (χ1n) is 18.3. The van der Waals surface area contributed by atoms with Crippen LogP contribution in [0, 0.1) is 10.8 Å². The van der Waals surface area contributed by atoms with Crippen molar-refractivity contribution in [1.82, 2.24) is 26.6 Å². The number of aliphatic hydroxyl groups excluding tert-OH is 7. The zero-order valence-electron chi connectivity index (χ0n) is 32.7. The Bertz CT molecular complexity index is 1100. The minimum atomic E-state index is -2.15. The van der Waals surface area contributed by atoms with E-state index in [0.717, 1.165) is 52.1 Å². The van der Waals surface area contributed by atoms with E-state index in [1.165, 1.54) is 26.8 Å². The fourth-order valence-corrected chi connectivity index (χ4v) is 6.47. The molecule has 0 radical (unpaired) electrons. The van der Waals surface area contributed by atoms with Gasteiger partial charge < -0.3 is 109 Å². The molecule has 3 aliphatic rings. The number of nitrogens with two attached hydrogens (primary N) is 4. The fraction of sp³-hybridized carbons (Fsp3) is 0.935. The number of aliphatic hydroxyl groups is 8. The van der Waals surface area contributed by atoms with E-state index in [1.807, 2.05) is 0 Å². The summed E-state index contributed by atoms with van der Waals surface area (Å²) in [7, 11) is 1.43. The predicted octanol–water partition coefficient (Wildman–Crippen LogP) is -6.62. The molecule has 27 heteroatoms. The molecule has 0 unspecified atom stereocenters. The Morgan fingerprint density at radius 2 is 1.16 bits per heavy atom. The van der Waals surface area contributed by atoms with Crippen molar-refractivity contribution in [3.63, 3.8) is 0 Å². The van der Waals surface area contributed by atoms with Gasteiger partial charge in [0.25, 0.3) is 0 Å². The van der Waals surface area contributed by atoms with Crippen molar-refractivity contribution in [1.29, 1.82) is 10.8 Å². The van der Waals surface area contributed by atoms with Crippen LogP contribution in [0.25, 0.3) is 0 Å². The highest BCUT2D eigenvalue weighted by molar-refractivity contribution is 5.86. The van der Waals surface area contributed by atoms with Crippen LogP contribution in [0.3, 0.4) is 0 Å². The highest BCUT2D eigenvalue weighted by atomic mass is 35.5. The van der Waals surface area contributed by atoms with Crippen LogP contribution in [0.1, 0.15) is 32.6 Å². The Kier molecular flexibility index (Phi) is 32.7. The molecule has 0 bridgehead atoms. The standard InChI is InChI=1S/C21H41N7O12.C10H26N4.4ClH/c1-5-21(36,4-30)16(40-17-9(26-2)13(34)10(31)6(3-29)38-17)18(37-5)39-15-8(28-20(24)25)11(32)7(27-19(22)23)12(33)14(15)35;11-5-3-9-13-7-1-2-8-14-10-4-6-12;;;;/h5-18,26,29-36H,3-4H2,1-2H3,(H4,22,23,27)(H4,24,25,28);13-14H,1-12H2;4*1H/t5-,6-,7+,8-,9-,10-,11+,12-,13-,14+,15+,16-,17-,18-,21+;;;;;/m0...../s1. The lowest BCUT2D eigenvalue weighted by Crippen LogP contribution is -2.73. The lowest BCUT2D eigenvalue weighted by Gasteiger charge is -2.47. The summed E-state index contributed by atoms with van der Waals surface area (Å²) in [6.07, 6.45) is -12.3. The molecule has 0 aromatic carbocycles. The molecule has 0 aromatic rings. The van der Waals surface area contributed by atoms with Crippen LogP contribution in [0.5, 0.6) is 0 Å². The lowest BCUT2D eigenvalue weighted by molar-refractivity contribution is -0.318. The van der Waals surface area contributed by atoms with Crippen LogP contribution in [0.15, 0.2) is 0 Å². The van der Waals surface area contributed by atoms with E-state index in [0.29, 0.717) is 0 Å². The third-order valence-corrected chi connectivity index (χ3v) is 9.68. The van der Waals surface area contributed by atoms with Gasteiger partial charge in [-0.3, -0.25) is 10.8 Å². The molecular formula is C31H71Cl4N11O12. The van der Waals surface area contributed by atoms with Crippen molar-refractivity contribution < 1.29 is 59.8 Å². The maximum absolute atomic E-state index is 11.3. The van der Waals surface area contributed by atoms with Gasteiger partial charge in [0.1, 0.15) is 48.3 Å². The SMILES string of the molecule is CN[C@@H]1[C@H](O[C@H]2[C@H](O[C@H]3[C@H](O)[C@@H](O)[C@H](NC(=N)N)[C@@H](O)[C@@H]3NC(=N)N)O[C@@H](C)[C@]2(O)CO)O[C@@H](CO)[C@H](O)[C@H]1O.Cl.Cl.Cl.Cl.NCCCNCCCCNCCCN. The summed E-state index contributed by atoms with van der Waals surface area (Å²) in [5.41, 5.74) is 19.4. The molecule has 3 fully saturated rings. The predicted molar refractivity (Wildman–Crippen MR) is 224 cm³/mol. The van der Waals surface area contributed by atoms with Crippen molar-refractivity contribution in [3.05, 3.63) is 0 Å². The summed E-state index contributed by atoms with van der Waals surface area (Å²) in [5.74, 6) is -1.26. The van der Waals surface area contributed by atoms with Gasteiger partial charge in [-0.2, -0.15) is 0 Å². The summed E-state index contributed by atoms with van der Waals surface area (Å²) in [6, 6.07) is -3.88. The van der Waals surface area contributed by atoms with Crippen molar-refractivity contribution in [2.45, 2.75) is 124 Å². The Hall–Kier alpha value is -0.980. The number of ether oxygens (including phenoxy) is 4. The molecule has 58 heavy (non-hydrogen) atoms. The minimum absolute atomic E-state index is 0. The topological polar surface area (TPSA) is 411 Å². The van der Waals surface area contributed by atoms with E-state index in [-0.39, 0.29) is 49.6 Å². The van der Waals surface area contributed by atoms with Crippen molar-refractivity contribution >= 4 is 61.5 Å². The highest BCUT2D eigenvalue weighted by Crippen LogP contribution is 2.38. The van der Waals surface area contributed by atoms with Gasteiger partial charge in [0, 0.05) is 0 Å². The number of nitrogens with one attached hydrogen (secondary N) is 7. The monoisotopic (exact) mass is 929 g/mol. The highest BCUT2D eigenvalue weighted by Gasteiger charge is 2.60. The van der Waals surface area contributed by atoms with Gasteiger partial charge in [0.2, 0.25) is 0 Å². The molecule has 1 saturated carbocycles. The van der Waals surface area contributed by atoms with Crippen LogP contribution in [-0.4, -0.2) is 204 Å². The van der Waals surface area contributed by atoms with E-state index < -0.39 is 116 Å². The van der Waals surface area contributed by atoms with Crippen molar-refractivity contribution in [3.8, 4) is 0 Å². The van der Waals surface area contributed by atoms with E-state index in [4.69, 9.17) is 52.7 Å². The summed E-state index contributed by atoms with van der Waals surface area (Å²) >= 11 is 0. The zero-order chi connectivity index (χ0) is 40.6. The smallest absolute Gasteiger partial charge is 0.187 e. The number of hydrogen-bond donors (Lipinski definition) is 19. The number of halogens is 4. The number of rotatable bonds is 20. The Balaban J connectivity index is -0.00000145. The van der Waals surface area contributed by atoms with Gasteiger partial charge >= 0.3 is 0 Å². The second-order valence-corrected chi connectivity index (χ2v) is 13.6. The van der Waals surface area contributed by atoms with Crippen LogP contribution >= 0.6 is 49.6 Å². The van der Waals surface area contributed by atoms with Gasteiger partial charge in [-0.05, 0) is 78.9 Å². The number of unbranched alkanes of at least 4 members (excludes halogenated alkanes) is 1. The number of likely N-dealkylation sites (N-methyl/N-ethyl adjacent to an activating group) is 1. The quantitative estimate of drug-likeness (QED) is 0.0306.